The van der Waals surface area contributed by atoms with Gasteiger partial charge in [0, 0.05) is 18.8 Å². The first-order valence-corrected chi connectivity index (χ1v) is 15.3. The fraction of sp³-hybridized carbons (Fsp3) is 0.400. The highest BCUT2D eigenvalue weighted by Gasteiger charge is 2.42. The number of carbonyl (C=O) groups excluding carboxylic acids is 1. The molecular weight excluding hydrogens is 531 g/mol. The molecule has 1 saturated heterocycles. The molecule has 1 fully saturated rings. The van der Waals surface area contributed by atoms with Gasteiger partial charge in [-0.2, -0.15) is 9.40 Å². The number of hydrogen-bond acceptors (Lipinski definition) is 8. The Morgan fingerprint density at radius 1 is 1.24 bits per heavy atom. The van der Waals surface area contributed by atoms with Crippen LogP contribution in [0.5, 0.6) is 5.75 Å². The van der Waals surface area contributed by atoms with Gasteiger partial charge in [0.05, 0.1) is 23.5 Å². The monoisotopic (exact) mass is 559 g/mol. The van der Waals surface area contributed by atoms with Crippen molar-refractivity contribution in [1.82, 2.24) is 19.1 Å². The molecule has 5 rings (SSSR count). The van der Waals surface area contributed by atoms with E-state index in [2.05, 4.69) is 5.10 Å². The molecule has 1 aromatic carbocycles. The highest BCUT2D eigenvalue weighted by atomic mass is 32.2. The summed E-state index contributed by atoms with van der Waals surface area (Å²) in [5.74, 6) is 0.396. The van der Waals surface area contributed by atoms with E-state index in [1.54, 1.807) is 22.4 Å². The molecule has 0 aliphatic carbocycles. The maximum atomic E-state index is 14.1. The molecule has 4 heterocycles. The normalized spacial score (nSPS) is 16.5. The molecule has 3 aromatic heterocycles. The van der Waals surface area contributed by atoms with Crippen LogP contribution in [0.3, 0.4) is 0 Å². The molecule has 1 amide bonds. The van der Waals surface area contributed by atoms with Crippen molar-refractivity contribution in [1.29, 1.82) is 0 Å². The van der Waals surface area contributed by atoms with Gasteiger partial charge in [-0.05, 0) is 63.3 Å². The lowest BCUT2D eigenvalue weighted by molar-refractivity contribution is -0.121. The van der Waals surface area contributed by atoms with E-state index in [0.717, 1.165) is 16.1 Å². The maximum Gasteiger partial charge on any atom is 0.253 e. The average Bonchev–Trinajstić information content (AvgIpc) is 3.66. The number of ether oxygens (including phenoxy) is 1. The molecule has 37 heavy (non-hydrogen) atoms. The highest BCUT2D eigenvalue weighted by molar-refractivity contribution is 7.91. The van der Waals surface area contributed by atoms with Gasteiger partial charge in [0.1, 0.15) is 21.5 Å². The lowest BCUT2D eigenvalue weighted by atomic mass is 10.2. The number of sulfonamides is 1. The quantitative estimate of drug-likeness (QED) is 0.300. The van der Waals surface area contributed by atoms with Crippen molar-refractivity contribution in [3.05, 3.63) is 53.2 Å². The predicted octanol–water partition coefficient (Wildman–Crippen LogP) is 4.46. The third-order valence-electron chi connectivity index (χ3n) is 6.35. The number of benzene rings is 1. The van der Waals surface area contributed by atoms with Crippen molar-refractivity contribution in [3.8, 4) is 5.75 Å². The molecule has 0 bridgehead atoms. The largest absolute Gasteiger partial charge is 0.492 e. The van der Waals surface area contributed by atoms with E-state index < -0.39 is 16.1 Å². The number of aryl methyl sites for hydroxylation is 2. The Morgan fingerprint density at radius 3 is 2.78 bits per heavy atom. The number of carbonyl (C=O) groups is 1. The van der Waals surface area contributed by atoms with Crippen molar-refractivity contribution >= 4 is 54.0 Å². The van der Waals surface area contributed by atoms with Crippen molar-refractivity contribution in [2.24, 2.45) is 0 Å². The van der Waals surface area contributed by atoms with E-state index >= 15 is 0 Å². The van der Waals surface area contributed by atoms with E-state index in [1.807, 2.05) is 49.7 Å². The summed E-state index contributed by atoms with van der Waals surface area (Å²) in [6, 6.07) is 10.2. The number of aromatic nitrogens is 3. The molecule has 196 valence electrons. The molecule has 0 spiro atoms. The molecule has 12 heteroatoms. The van der Waals surface area contributed by atoms with Crippen molar-refractivity contribution in [2.75, 3.05) is 24.6 Å². The van der Waals surface area contributed by atoms with Gasteiger partial charge < -0.3 is 4.74 Å². The van der Waals surface area contributed by atoms with Crippen LogP contribution in [0.2, 0.25) is 0 Å². The number of thiophene rings is 1. The first-order valence-electron chi connectivity index (χ1n) is 12.2. The molecule has 1 aliphatic rings. The minimum Gasteiger partial charge on any atom is -0.492 e. The van der Waals surface area contributed by atoms with Gasteiger partial charge >= 0.3 is 0 Å². The zero-order valence-corrected chi connectivity index (χ0v) is 23.4. The standard InChI is InChI=1S/C25H29N5O4S3/c1-4-34-20-9-5-10-21-23(20)26-25(36-21)28(13-14-29-18(3)16-17(2)27-29)24(31)19-8-6-12-30(19)37(32,33)22-11-7-15-35-22/h5,7,9-11,15-16,19H,4,6,8,12-14H2,1-3H3. The Hall–Kier alpha value is -2.80. The Labute approximate surface area is 224 Å². The van der Waals surface area contributed by atoms with Crippen molar-refractivity contribution < 1.29 is 17.9 Å². The third-order valence-corrected chi connectivity index (χ3v) is 10.7. The molecule has 9 nitrogen and oxygen atoms in total. The van der Waals surface area contributed by atoms with E-state index in [-0.39, 0.29) is 10.1 Å². The maximum absolute atomic E-state index is 14.1. The van der Waals surface area contributed by atoms with Crippen molar-refractivity contribution in [2.45, 2.75) is 50.4 Å². The van der Waals surface area contributed by atoms with Crippen molar-refractivity contribution in [3.63, 3.8) is 0 Å². The molecule has 1 unspecified atom stereocenters. The van der Waals surface area contributed by atoms with E-state index in [9.17, 15) is 13.2 Å². The number of amides is 1. The number of rotatable bonds is 9. The summed E-state index contributed by atoms with van der Waals surface area (Å²) < 4.78 is 36.9. The molecule has 0 saturated carbocycles. The Balaban J connectivity index is 1.51. The summed E-state index contributed by atoms with van der Waals surface area (Å²) in [7, 11) is -3.76. The average molecular weight is 560 g/mol. The predicted molar refractivity (Wildman–Crippen MR) is 146 cm³/mol. The van der Waals surface area contributed by atoms with Crippen LogP contribution in [-0.2, 0) is 21.4 Å². The van der Waals surface area contributed by atoms with Crippen LogP contribution in [-0.4, -0.2) is 59.1 Å². The van der Waals surface area contributed by atoms with Gasteiger partial charge in [0.25, 0.3) is 10.0 Å². The summed E-state index contributed by atoms with van der Waals surface area (Å²) in [6.07, 6.45) is 1.09. The van der Waals surface area contributed by atoms with Gasteiger partial charge in [0.2, 0.25) is 5.91 Å². The van der Waals surface area contributed by atoms with Crippen LogP contribution >= 0.6 is 22.7 Å². The van der Waals surface area contributed by atoms with E-state index in [4.69, 9.17) is 9.72 Å². The Kier molecular flexibility index (Phi) is 7.35. The molecule has 1 atom stereocenters. The van der Waals surface area contributed by atoms with Crippen LogP contribution in [0, 0.1) is 13.8 Å². The summed E-state index contributed by atoms with van der Waals surface area (Å²) >= 11 is 2.57. The SMILES string of the molecule is CCOc1cccc2sc(N(CCn3nc(C)cc3C)C(=O)C3CCCN3S(=O)(=O)c3cccs3)nc12. The van der Waals surface area contributed by atoms with E-state index in [0.29, 0.717) is 55.5 Å². The first-order chi connectivity index (χ1) is 17.8. The van der Waals surface area contributed by atoms with Gasteiger partial charge in [-0.1, -0.05) is 23.5 Å². The zero-order valence-electron chi connectivity index (χ0n) is 21.0. The molecule has 0 radical (unpaired) electrons. The number of anilines is 1. The lowest BCUT2D eigenvalue weighted by Crippen LogP contribution is -2.48. The second kappa shape index (κ2) is 10.5. The topological polar surface area (TPSA) is 97.6 Å². The smallest absolute Gasteiger partial charge is 0.253 e. The van der Waals surface area contributed by atoms with Crippen LogP contribution in [0.15, 0.2) is 46.0 Å². The minimum absolute atomic E-state index is 0.253. The second-order valence-corrected chi connectivity index (χ2v) is 13.0. The molecule has 4 aromatic rings. The number of fused-ring (bicyclic) bond motifs is 1. The lowest BCUT2D eigenvalue weighted by Gasteiger charge is -2.28. The first kappa shape index (κ1) is 25.8. The van der Waals surface area contributed by atoms with Crippen LogP contribution in [0.4, 0.5) is 5.13 Å². The fourth-order valence-corrected chi connectivity index (χ4v) is 8.46. The molecule has 0 N–H and O–H groups in total. The third kappa shape index (κ3) is 5.02. The Bertz CT molecular complexity index is 1510. The fourth-order valence-electron chi connectivity index (χ4n) is 4.68. The van der Waals surface area contributed by atoms with Crippen LogP contribution in [0.25, 0.3) is 10.2 Å². The van der Waals surface area contributed by atoms with Crippen LogP contribution < -0.4 is 9.64 Å². The number of para-hydroxylation sites is 1. The minimum atomic E-state index is -3.76. The molecule has 1 aliphatic heterocycles. The summed E-state index contributed by atoms with van der Waals surface area (Å²) in [6.45, 7) is 7.42. The summed E-state index contributed by atoms with van der Waals surface area (Å²) in [5, 5.41) is 6.79. The summed E-state index contributed by atoms with van der Waals surface area (Å²) in [5.41, 5.74) is 2.60. The van der Waals surface area contributed by atoms with Gasteiger partial charge in [-0.25, -0.2) is 13.4 Å². The number of hydrogen-bond donors (Lipinski definition) is 0. The van der Waals surface area contributed by atoms with Gasteiger partial charge in [-0.15, -0.1) is 11.3 Å². The highest BCUT2D eigenvalue weighted by Crippen LogP contribution is 2.36. The second-order valence-electron chi connectivity index (χ2n) is 8.88. The zero-order chi connectivity index (χ0) is 26.2. The van der Waals surface area contributed by atoms with Gasteiger partial charge in [0.15, 0.2) is 5.13 Å². The molecular formula is C25H29N5O4S3. The van der Waals surface area contributed by atoms with Crippen LogP contribution in [0.1, 0.15) is 31.2 Å². The number of thiazole rings is 1. The summed E-state index contributed by atoms with van der Waals surface area (Å²) in [4.78, 5) is 20.5. The Morgan fingerprint density at radius 2 is 2.08 bits per heavy atom. The van der Waals surface area contributed by atoms with Gasteiger partial charge in [-0.3, -0.25) is 14.4 Å². The van der Waals surface area contributed by atoms with E-state index in [1.165, 1.54) is 27.0 Å². The number of nitrogens with zero attached hydrogens (tertiary/aromatic N) is 5.